The fourth-order valence-corrected chi connectivity index (χ4v) is 1.20. The number of anilines is 1. The quantitative estimate of drug-likeness (QED) is 0.729. The van der Waals surface area contributed by atoms with Gasteiger partial charge in [0.25, 0.3) is 0 Å². The molecule has 0 aliphatic carbocycles. The topological polar surface area (TPSA) is 47.0 Å². The minimum Gasteiger partial charge on any atom is -0.385 e. The Balaban J connectivity index is 2.53. The van der Waals surface area contributed by atoms with Crippen molar-refractivity contribution in [2.75, 3.05) is 25.6 Å². The van der Waals surface area contributed by atoms with Crippen LogP contribution in [0.5, 0.6) is 0 Å². The van der Waals surface area contributed by atoms with E-state index in [-0.39, 0.29) is 11.6 Å². The molecule has 84 valence electrons. The fourth-order valence-electron chi connectivity index (χ4n) is 1.20. The van der Waals surface area contributed by atoms with Gasteiger partial charge in [0.2, 0.25) is 0 Å². The van der Waals surface area contributed by atoms with Gasteiger partial charge in [-0.1, -0.05) is 6.92 Å². The van der Waals surface area contributed by atoms with E-state index in [1.54, 1.807) is 7.11 Å². The zero-order valence-electron chi connectivity index (χ0n) is 9.09. The maximum Gasteiger partial charge on any atom is 0.186 e. The van der Waals surface area contributed by atoms with Gasteiger partial charge in [0.1, 0.15) is 6.33 Å². The van der Waals surface area contributed by atoms with Gasteiger partial charge in [-0.2, -0.15) is 0 Å². The summed E-state index contributed by atoms with van der Waals surface area (Å²) in [7, 11) is 1.64. The third kappa shape index (κ3) is 3.43. The van der Waals surface area contributed by atoms with Crippen LogP contribution in [0, 0.1) is 5.82 Å². The highest BCUT2D eigenvalue weighted by atomic mass is 19.1. The summed E-state index contributed by atoms with van der Waals surface area (Å²) in [6.45, 7) is 3.16. The Morgan fingerprint density at radius 2 is 2.27 bits per heavy atom. The van der Waals surface area contributed by atoms with E-state index in [0.717, 1.165) is 6.42 Å². The molecule has 4 nitrogen and oxygen atoms in total. The summed E-state index contributed by atoms with van der Waals surface area (Å²) in [5, 5.41) is 2.92. The smallest absolute Gasteiger partial charge is 0.186 e. The molecule has 0 bridgehead atoms. The van der Waals surface area contributed by atoms with Crippen molar-refractivity contribution in [3.63, 3.8) is 0 Å². The van der Waals surface area contributed by atoms with Crippen LogP contribution in [0.1, 0.15) is 19.0 Å². The molecule has 0 fully saturated rings. The lowest BCUT2D eigenvalue weighted by atomic mass is 10.3. The maximum absolute atomic E-state index is 13.6. The van der Waals surface area contributed by atoms with Crippen molar-refractivity contribution in [3.05, 3.63) is 17.8 Å². The molecule has 0 saturated carbocycles. The molecular weight excluding hydrogens is 197 g/mol. The van der Waals surface area contributed by atoms with Gasteiger partial charge in [-0.15, -0.1) is 0 Å². The third-order valence-electron chi connectivity index (χ3n) is 2.01. The summed E-state index contributed by atoms with van der Waals surface area (Å²) in [5.41, 5.74) is 0.444. The lowest BCUT2D eigenvalue weighted by Gasteiger charge is -2.07. The van der Waals surface area contributed by atoms with E-state index >= 15 is 0 Å². The van der Waals surface area contributed by atoms with Crippen molar-refractivity contribution in [3.8, 4) is 0 Å². The van der Waals surface area contributed by atoms with E-state index in [9.17, 15) is 4.39 Å². The predicted molar refractivity (Wildman–Crippen MR) is 56.4 cm³/mol. The van der Waals surface area contributed by atoms with E-state index in [1.807, 2.05) is 6.92 Å². The van der Waals surface area contributed by atoms with Crippen LogP contribution >= 0.6 is 0 Å². The van der Waals surface area contributed by atoms with Crippen molar-refractivity contribution in [2.45, 2.75) is 19.8 Å². The van der Waals surface area contributed by atoms with E-state index in [4.69, 9.17) is 4.74 Å². The largest absolute Gasteiger partial charge is 0.385 e. The van der Waals surface area contributed by atoms with Gasteiger partial charge >= 0.3 is 0 Å². The van der Waals surface area contributed by atoms with Crippen LogP contribution in [0.2, 0.25) is 0 Å². The van der Waals surface area contributed by atoms with Crippen LogP contribution in [-0.4, -0.2) is 30.2 Å². The average molecular weight is 213 g/mol. The second-order valence-electron chi connectivity index (χ2n) is 3.11. The van der Waals surface area contributed by atoms with Gasteiger partial charge in [0, 0.05) is 20.3 Å². The summed E-state index contributed by atoms with van der Waals surface area (Å²) >= 11 is 0. The number of aryl methyl sites for hydroxylation is 1. The number of nitrogens with one attached hydrogen (secondary N) is 1. The van der Waals surface area contributed by atoms with Gasteiger partial charge in [-0.05, 0) is 12.8 Å². The maximum atomic E-state index is 13.6. The first-order chi connectivity index (χ1) is 7.29. The third-order valence-corrected chi connectivity index (χ3v) is 2.01. The van der Waals surface area contributed by atoms with Crippen LogP contribution in [0.25, 0.3) is 0 Å². The molecule has 1 aromatic heterocycles. The van der Waals surface area contributed by atoms with E-state index in [1.165, 1.54) is 6.33 Å². The Kier molecular flexibility index (Phi) is 4.97. The molecular formula is C10H16FN3O. The van der Waals surface area contributed by atoms with Gasteiger partial charge in [-0.3, -0.25) is 0 Å². The summed E-state index contributed by atoms with van der Waals surface area (Å²) in [6, 6.07) is 0. The number of aromatic nitrogens is 2. The number of nitrogens with zero attached hydrogens (tertiary/aromatic N) is 2. The van der Waals surface area contributed by atoms with Crippen LogP contribution in [0.3, 0.4) is 0 Å². The number of rotatable bonds is 6. The minimum atomic E-state index is -0.350. The summed E-state index contributed by atoms with van der Waals surface area (Å²) in [6.07, 6.45) is 2.77. The standard InChI is InChI=1S/C10H16FN3O/c1-3-8-9(11)10(14-7-13-8)12-5-4-6-15-2/h7H,3-6H2,1-2H3,(H,12,13,14). The molecule has 0 radical (unpaired) electrons. The molecule has 1 rings (SSSR count). The molecule has 0 atom stereocenters. The SMILES string of the molecule is CCc1ncnc(NCCCOC)c1F. The molecule has 15 heavy (non-hydrogen) atoms. The number of hydrogen-bond acceptors (Lipinski definition) is 4. The first kappa shape index (κ1) is 11.8. The Bertz CT molecular complexity index is 307. The molecule has 0 aromatic carbocycles. The summed E-state index contributed by atoms with van der Waals surface area (Å²) in [5.74, 6) is -0.0737. The number of halogens is 1. The van der Waals surface area contributed by atoms with Gasteiger partial charge < -0.3 is 10.1 Å². The summed E-state index contributed by atoms with van der Waals surface area (Å²) in [4.78, 5) is 7.70. The van der Waals surface area contributed by atoms with Crippen molar-refractivity contribution in [2.24, 2.45) is 0 Å². The first-order valence-electron chi connectivity index (χ1n) is 5.01. The zero-order valence-corrected chi connectivity index (χ0v) is 9.09. The van der Waals surface area contributed by atoms with Crippen molar-refractivity contribution in [1.29, 1.82) is 0 Å². The molecule has 1 heterocycles. The van der Waals surface area contributed by atoms with Crippen molar-refractivity contribution >= 4 is 5.82 Å². The van der Waals surface area contributed by atoms with Crippen LogP contribution in [0.4, 0.5) is 10.2 Å². The van der Waals surface area contributed by atoms with Crippen LogP contribution < -0.4 is 5.32 Å². The highest BCUT2D eigenvalue weighted by molar-refractivity contribution is 5.36. The van der Waals surface area contributed by atoms with Gasteiger partial charge in [0.05, 0.1) is 5.69 Å². The fraction of sp³-hybridized carbons (Fsp3) is 0.600. The molecule has 0 unspecified atom stereocenters. The van der Waals surface area contributed by atoms with E-state index in [2.05, 4.69) is 15.3 Å². The highest BCUT2D eigenvalue weighted by Crippen LogP contribution is 2.12. The van der Waals surface area contributed by atoms with E-state index in [0.29, 0.717) is 25.3 Å². The normalized spacial score (nSPS) is 10.3. The van der Waals surface area contributed by atoms with Crippen LogP contribution in [-0.2, 0) is 11.2 Å². The molecule has 0 amide bonds. The molecule has 0 aliphatic heterocycles. The molecule has 0 spiro atoms. The minimum absolute atomic E-state index is 0.276. The van der Waals surface area contributed by atoms with E-state index < -0.39 is 0 Å². The number of ether oxygens (including phenoxy) is 1. The Labute approximate surface area is 88.9 Å². The predicted octanol–water partition coefficient (Wildman–Crippen LogP) is 1.63. The average Bonchev–Trinajstić information content (AvgIpc) is 2.26. The van der Waals surface area contributed by atoms with Crippen LogP contribution in [0.15, 0.2) is 6.33 Å². The molecule has 0 saturated heterocycles. The Morgan fingerprint density at radius 3 is 2.93 bits per heavy atom. The second-order valence-corrected chi connectivity index (χ2v) is 3.11. The van der Waals surface area contributed by atoms with Crippen molar-refractivity contribution < 1.29 is 9.13 Å². The molecule has 0 aliphatic rings. The first-order valence-corrected chi connectivity index (χ1v) is 5.01. The van der Waals surface area contributed by atoms with Crippen molar-refractivity contribution in [1.82, 2.24) is 9.97 Å². The Hall–Kier alpha value is -1.23. The molecule has 1 N–H and O–H groups in total. The highest BCUT2D eigenvalue weighted by Gasteiger charge is 2.08. The summed E-state index contributed by atoms with van der Waals surface area (Å²) < 4.78 is 18.5. The number of hydrogen-bond donors (Lipinski definition) is 1. The molecule has 5 heteroatoms. The molecule has 1 aromatic rings. The van der Waals surface area contributed by atoms with Gasteiger partial charge in [-0.25, -0.2) is 14.4 Å². The van der Waals surface area contributed by atoms with Gasteiger partial charge in [0.15, 0.2) is 11.6 Å². The lowest BCUT2D eigenvalue weighted by Crippen LogP contribution is -2.09. The lowest BCUT2D eigenvalue weighted by molar-refractivity contribution is 0.197. The number of methoxy groups -OCH3 is 1. The zero-order chi connectivity index (χ0) is 11.1. The Morgan fingerprint density at radius 1 is 1.47 bits per heavy atom. The second kappa shape index (κ2) is 6.29. The monoisotopic (exact) mass is 213 g/mol.